The molecule has 5 atom stereocenters. The molecular formula is C10H23N4O5P. The third-order valence-corrected chi connectivity index (χ3v) is 4.09. The molecule has 0 saturated carbocycles. The van der Waals surface area contributed by atoms with E-state index in [4.69, 9.17) is 30.8 Å². The van der Waals surface area contributed by atoms with Gasteiger partial charge in [0, 0.05) is 12.5 Å². The highest BCUT2D eigenvalue weighted by atomic mass is 31.2. The first-order valence-electron chi connectivity index (χ1n) is 6.58. The first-order valence-corrected chi connectivity index (χ1v) is 8.38. The Balaban J connectivity index is 1.85. The average Bonchev–Trinajstić information content (AvgIpc) is 2.69. The van der Waals surface area contributed by atoms with Crippen LogP contribution in [0.4, 0.5) is 0 Å². The fourth-order valence-electron chi connectivity index (χ4n) is 2.76. The van der Waals surface area contributed by atoms with Crippen molar-refractivity contribution >= 4 is 7.60 Å². The maximum atomic E-state index is 10.8. The average molecular weight is 310 g/mol. The molecule has 2 fully saturated rings. The zero-order valence-electron chi connectivity index (χ0n) is 11.4. The van der Waals surface area contributed by atoms with Crippen molar-refractivity contribution in [2.24, 2.45) is 17.5 Å². The van der Waals surface area contributed by atoms with E-state index in [1.807, 2.05) is 0 Å². The van der Waals surface area contributed by atoms with Crippen molar-refractivity contribution in [1.82, 2.24) is 10.3 Å². The quantitative estimate of drug-likeness (QED) is 0.297. The molecule has 9 nitrogen and oxygen atoms in total. The molecule has 118 valence electrons. The zero-order valence-corrected chi connectivity index (χ0v) is 12.3. The van der Waals surface area contributed by atoms with Crippen molar-refractivity contribution in [2.75, 3.05) is 19.4 Å². The van der Waals surface area contributed by atoms with Gasteiger partial charge in [-0.05, 0) is 13.3 Å². The normalized spacial score (nSPS) is 36.9. The molecule has 0 aromatic rings. The second-order valence-electron chi connectivity index (χ2n) is 5.46. The van der Waals surface area contributed by atoms with Gasteiger partial charge in [-0.3, -0.25) is 15.7 Å². The molecule has 0 amide bonds. The monoisotopic (exact) mass is 310 g/mol. The Hall–Kier alpha value is -0.0900. The Morgan fingerprint density at radius 2 is 2.30 bits per heavy atom. The van der Waals surface area contributed by atoms with E-state index < -0.39 is 20.2 Å². The number of ether oxygens (including phenoxy) is 2. The van der Waals surface area contributed by atoms with Crippen LogP contribution in [-0.2, 0) is 14.0 Å². The van der Waals surface area contributed by atoms with Crippen LogP contribution in [0, 0.1) is 5.92 Å². The predicted octanol–water partition coefficient (Wildman–Crippen LogP) is -1.68. The van der Waals surface area contributed by atoms with Gasteiger partial charge in [0.2, 0.25) is 0 Å². The minimum Gasteiger partial charge on any atom is -0.366 e. The number of nitrogens with zero attached hydrogens (tertiary/aromatic N) is 1. The number of rotatable bonds is 5. The molecule has 0 spiro atoms. The Morgan fingerprint density at radius 1 is 1.60 bits per heavy atom. The molecule has 2 aliphatic rings. The van der Waals surface area contributed by atoms with Crippen molar-refractivity contribution in [3.63, 3.8) is 0 Å². The van der Waals surface area contributed by atoms with E-state index in [1.54, 1.807) is 11.9 Å². The summed E-state index contributed by atoms with van der Waals surface area (Å²) in [6, 6.07) is 0. The maximum absolute atomic E-state index is 10.8. The summed E-state index contributed by atoms with van der Waals surface area (Å²) in [6.45, 7) is 2.95. The largest absolute Gasteiger partial charge is 0.366 e. The van der Waals surface area contributed by atoms with Crippen LogP contribution >= 0.6 is 7.60 Å². The van der Waals surface area contributed by atoms with Gasteiger partial charge in [-0.15, -0.1) is 0 Å². The lowest BCUT2D eigenvalue weighted by Gasteiger charge is -2.39. The summed E-state index contributed by atoms with van der Waals surface area (Å²) in [4.78, 5) is 17.6. The smallest absolute Gasteiger partial charge is 0.350 e. The number of hydrogen-bond acceptors (Lipinski definition) is 7. The summed E-state index contributed by atoms with van der Waals surface area (Å²) < 4.78 is 21.7. The highest BCUT2D eigenvalue weighted by Gasteiger charge is 2.44. The van der Waals surface area contributed by atoms with Crippen LogP contribution < -0.4 is 16.9 Å². The first kappa shape index (κ1) is 16.3. The molecule has 0 aliphatic carbocycles. The number of hydrogen-bond donors (Lipinski definition) is 5. The summed E-state index contributed by atoms with van der Waals surface area (Å²) in [5.41, 5.74) is 5.78. The lowest BCUT2D eigenvalue weighted by atomic mass is 9.97. The number of nitrogens with two attached hydrogens (primary N) is 2. The molecule has 20 heavy (non-hydrogen) atoms. The highest BCUT2D eigenvalue weighted by molar-refractivity contribution is 7.51. The van der Waals surface area contributed by atoms with Gasteiger partial charge in [0.15, 0.2) is 0 Å². The number of hydrazine groups is 1. The van der Waals surface area contributed by atoms with E-state index in [2.05, 4.69) is 5.32 Å². The topological polar surface area (TPSA) is 143 Å². The van der Waals surface area contributed by atoms with Crippen LogP contribution in [0.25, 0.3) is 0 Å². The van der Waals surface area contributed by atoms with E-state index in [9.17, 15) is 4.57 Å². The van der Waals surface area contributed by atoms with Crippen molar-refractivity contribution in [1.29, 1.82) is 0 Å². The van der Waals surface area contributed by atoms with Crippen molar-refractivity contribution in [3.05, 3.63) is 0 Å². The molecule has 0 aromatic carbocycles. The second-order valence-corrected chi connectivity index (χ2v) is 7.04. The van der Waals surface area contributed by atoms with Crippen LogP contribution in [0.15, 0.2) is 0 Å². The van der Waals surface area contributed by atoms with Crippen LogP contribution in [0.5, 0.6) is 0 Å². The number of nitrogens with one attached hydrogen (secondary N) is 1. The van der Waals surface area contributed by atoms with Gasteiger partial charge < -0.3 is 25.0 Å². The SMILES string of the molecule is C[C@H](CC1CNC2C1OC(N)CN2N)OCP(=O)(O)O. The van der Waals surface area contributed by atoms with Gasteiger partial charge in [-0.25, -0.2) is 5.01 Å². The fraction of sp³-hybridized carbons (Fsp3) is 1.00. The van der Waals surface area contributed by atoms with Crippen LogP contribution in [0.3, 0.4) is 0 Å². The van der Waals surface area contributed by atoms with Gasteiger partial charge in [-0.1, -0.05) is 0 Å². The second kappa shape index (κ2) is 6.35. The van der Waals surface area contributed by atoms with Crippen molar-refractivity contribution in [3.8, 4) is 0 Å². The summed E-state index contributed by atoms with van der Waals surface area (Å²) >= 11 is 0. The first-order chi connectivity index (χ1) is 9.26. The summed E-state index contributed by atoms with van der Waals surface area (Å²) in [7, 11) is -4.13. The molecule has 0 radical (unpaired) electrons. The third-order valence-electron chi connectivity index (χ3n) is 3.61. The highest BCUT2D eigenvalue weighted by Crippen LogP contribution is 2.35. The Bertz CT molecular complexity index is 381. The van der Waals surface area contributed by atoms with Gasteiger partial charge in [0.1, 0.15) is 18.7 Å². The van der Waals surface area contributed by atoms with E-state index in [0.717, 1.165) is 0 Å². The fourth-order valence-corrected chi connectivity index (χ4v) is 3.20. The van der Waals surface area contributed by atoms with Crippen molar-refractivity contribution in [2.45, 2.75) is 37.9 Å². The minimum absolute atomic E-state index is 0.0752. The molecule has 0 bridgehead atoms. The zero-order chi connectivity index (χ0) is 14.9. The standard InChI is InChI=1S/C10H23N4O5P/c1-6(18-5-20(15,16)17)2-7-3-13-10-9(7)19-8(11)4-14(10)12/h6-10,13H,2-5,11-12H2,1H3,(H2,15,16,17)/t6-,7?,8?,9?,10?/m1/s1. The molecule has 7 N–H and O–H groups in total. The molecule has 2 saturated heterocycles. The molecule has 2 rings (SSSR count). The maximum Gasteiger partial charge on any atom is 0.350 e. The van der Waals surface area contributed by atoms with E-state index in [1.165, 1.54) is 0 Å². The van der Waals surface area contributed by atoms with Crippen LogP contribution in [-0.4, -0.2) is 58.8 Å². The Kier molecular flexibility index (Phi) is 5.17. The Labute approximate surface area is 117 Å². The predicted molar refractivity (Wildman–Crippen MR) is 71.1 cm³/mol. The van der Waals surface area contributed by atoms with Gasteiger partial charge >= 0.3 is 7.60 Å². The van der Waals surface area contributed by atoms with Gasteiger partial charge in [0.05, 0.1) is 18.8 Å². The van der Waals surface area contributed by atoms with Crippen LogP contribution in [0.1, 0.15) is 13.3 Å². The summed E-state index contributed by atoms with van der Waals surface area (Å²) in [5.74, 6) is 6.04. The lowest BCUT2D eigenvalue weighted by Crippen LogP contribution is -2.62. The summed E-state index contributed by atoms with van der Waals surface area (Å²) in [5, 5.41) is 4.91. The minimum atomic E-state index is -4.13. The molecule has 10 heteroatoms. The molecule has 0 aromatic heterocycles. The van der Waals surface area contributed by atoms with Gasteiger partial charge in [-0.2, -0.15) is 0 Å². The summed E-state index contributed by atoms with van der Waals surface area (Å²) in [6.07, 6.45) is -0.852. The van der Waals surface area contributed by atoms with E-state index >= 15 is 0 Å². The van der Waals surface area contributed by atoms with E-state index in [-0.39, 0.29) is 24.3 Å². The van der Waals surface area contributed by atoms with Crippen LogP contribution in [0.2, 0.25) is 0 Å². The lowest BCUT2D eigenvalue weighted by molar-refractivity contribution is -0.128. The number of morpholine rings is 1. The van der Waals surface area contributed by atoms with Crippen molar-refractivity contribution < 1.29 is 23.8 Å². The van der Waals surface area contributed by atoms with E-state index in [0.29, 0.717) is 19.5 Å². The molecule has 4 unspecified atom stereocenters. The third kappa shape index (κ3) is 4.20. The molecule has 2 heterocycles. The Morgan fingerprint density at radius 3 is 2.95 bits per heavy atom. The number of fused-ring (bicyclic) bond motifs is 1. The van der Waals surface area contributed by atoms with Gasteiger partial charge in [0.25, 0.3) is 0 Å². The molecule has 2 aliphatic heterocycles. The molecular weight excluding hydrogens is 287 g/mol.